The summed E-state index contributed by atoms with van der Waals surface area (Å²) in [5, 5.41) is 6.38. The van der Waals surface area contributed by atoms with Gasteiger partial charge in [0.1, 0.15) is 11.4 Å². The number of hydrogen-bond acceptors (Lipinski definition) is 6. The summed E-state index contributed by atoms with van der Waals surface area (Å²) in [5.41, 5.74) is 1.79. The van der Waals surface area contributed by atoms with Crippen molar-refractivity contribution < 1.29 is 9.26 Å². The first-order valence-corrected chi connectivity index (χ1v) is 9.76. The van der Waals surface area contributed by atoms with Crippen LogP contribution in [0.25, 0.3) is 11.3 Å². The van der Waals surface area contributed by atoms with Crippen LogP contribution in [0.5, 0.6) is 5.75 Å². The number of hydrogen-bond donors (Lipinski definition) is 0. The largest absolute Gasteiger partial charge is 0.496 e. The SMILES string of the molecule is COc1ccccc1-c1cc(CN2CCN(Cc3cccs3)CC2)on1. The third kappa shape index (κ3) is 3.98. The predicted octanol–water partition coefficient (Wildman–Crippen LogP) is 3.73. The fraction of sp³-hybridized carbons (Fsp3) is 0.350. The van der Waals surface area contributed by atoms with Crippen LogP contribution in [0, 0.1) is 0 Å². The fourth-order valence-electron chi connectivity index (χ4n) is 3.32. The Labute approximate surface area is 157 Å². The van der Waals surface area contributed by atoms with Crippen molar-refractivity contribution in [2.24, 2.45) is 0 Å². The highest BCUT2D eigenvalue weighted by Gasteiger charge is 2.19. The van der Waals surface area contributed by atoms with Crippen molar-refractivity contribution >= 4 is 11.3 Å². The summed E-state index contributed by atoms with van der Waals surface area (Å²) in [4.78, 5) is 6.38. The topological polar surface area (TPSA) is 41.7 Å². The van der Waals surface area contributed by atoms with E-state index in [2.05, 4.69) is 32.5 Å². The molecule has 0 N–H and O–H groups in total. The predicted molar refractivity (Wildman–Crippen MR) is 103 cm³/mol. The molecule has 0 saturated carbocycles. The summed E-state index contributed by atoms with van der Waals surface area (Å²) < 4.78 is 11.0. The maximum absolute atomic E-state index is 5.57. The number of thiophene rings is 1. The second-order valence-corrected chi connectivity index (χ2v) is 7.54. The highest BCUT2D eigenvalue weighted by atomic mass is 32.1. The number of piperazine rings is 1. The molecule has 0 radical (unpaired) electrons. The summed E-state index contributed by atoms with van der Waals surface area (Å²) in [6.07, 6.45) is 0. The van der Waals surface area contributed by atoms with E-state index in [4.69, 9.17) is 9.26 Å². The second-order valence-electron chi connectivity index (χ2n) is 6.51. The summed E-state index contributed by atoms with van der Waals surface area (Å²) in [7, 11) is 1.68. The molecule has 6 heteroatoms. The summed E-state index contributed by atoms with van der Waals surface area (Å²) in [6.45, 7) is 6.14. The zero-order valence-electron chi connectivity index (χ0n) is 14.9. The molecule has 136 valence electrons. The molecule has 0 bridgehead atoms. The lowest BCUT2D eigenvalue weighted by Gasteiger charge is -2.33. The molecule has 1 saturated heterocycles. The van der Waals surface area contributed by atoms with Crippen molar-refractivity contribution in [3.05, 3.63) is 58.5 Å². The van der Waals surface area contributed by atoms with Gasteiger partial charge in [-0.05, 0) is 23.6 Å². The van der Waals surface area contributed by atoms with Gasteiger partial charge in [0.05, 0.1) is 13.7 Å². The third-order valence-electron chi connectivity index (χ3n) is 4.75. The molecule has 0 spiro atoms. The average molecular weight is 369 g/mol. The quantitative estimate of drug-likeness (QED) is 0.662. The molecule has 1 fully saturated rings. The van der Waals surface area contributed by atoms with Gasteiger partial charge in [-0.2, -0.15) is 0 Å². The first-order chi connectivity index (χ1) is 12.8. The summed E-state index contributed by atoms with van der Waals surface area (Å²) >= 11 is 1.83. The normalized spacial score (nSPS) is 16.0. The lowest BCUT2D eigenvalue weighted by molar-refractivity contribution is 0.114. The van der Waals surface area contributed by atoms with E-state index in [1.165, 1.54) is 4.88 Å². The van der Waals surface area contributed by atoms with Crippen LogP contribution < -0.4 is 4.74 Å². The summed E-state index contributed by atoms with van der Waals surface area (Å²) in [6, 6.07) is 14.2. The van der Waals surface area contributed by atoms with Crippen LogP contribution in [0.2, 0.25) is 0 Å². The first kappa shape index (κ1) is 17.3. The highest BCUT2D eigenvalue weighted by molar-refractivity contribution is 7.09. The third-order valence-corrected chi connectivity index (χ3v) is 5.61. The fourth-order valence-corrected chi connectivity index (χ4v) is 4.07. The molecule has 1 aromatic carbocycles. The number of methoxy groups -OCH3 is 1. The molecule has 0 unspecified atom stereocenters. The zero-order chi connectivity index (χ0) is 17.8. The van der Waals surface area contributed by atoms with Crippen molar-refractivity contribution in [3.63, 3.8) is 0 Å². The molecule has 4 rings (SSSR count). The molecular formula is C20H23N3O2S. The Morgan fingerprint density at radius 2 is 1.81 bits per heavy atom. The van der Waals surface area contributed by atoms with Gasteiger partial charge in [0.25, 0.3) is 0 Å². The lowest BCUT2D eigenvalue weighted by atomic mass is 10.1. The second kappa shape index (κ2) is 8.03. The van der Waals surface area contributed by atoms with Gasteiger partial charge in [0.2, 0.25) is 0 Å². The number of benzene rings is 1. The average Bonchev–Trinajstić information content (AvgIpc) is 3.35. The minimum Gasteiger partial charge on any atom is -0.496 e. The molecule has 5 nitrogen and oxygen atoms in total. The maximum atomic E-state index is 5.57. The highest BCUT2D eigenvalue weighted by Crippen LogP contribution is 2.29. The van der Waals surface area contributed by atoms with Gasteiger partial charge in [0.15, 0.2) is 5.76 Å². The van der Waals surface area contributed by atoms with Crippen molar-refractivity contribution in [2.45, 2.75) is 13.1 Å². The van der Waals surface area contributed by atoms with Crippen molar-refractivity contribution in [2.75, 3.05) is 33.3 Å². The van der Waals surface area contributed by atoms with Crippen LogP contribution in [-0.2, 0) is 13.1 Å². The zero-order valence-corrected chi connectivity index (χ0v) is 15.7. The Morgan fingerprint density at radius 3 is 2.54 bits per heavy atom. The number of nitrogens with zero attached hydrogens (tertiary/aromatic N) is 3. The Morgan fingerprint density at radius 1 is 1.04 bits per heavy atom. The van der Waals surface area contributed by atoms with E-state index in [1.807, 2.05) is 41.7 Å². The molecular weight excluding hydrogens is 346 g/mol. The van der Waals surface area contributed by atoms with E-state index in [-0.39, 0.29) is 0 Å². The van der Waals surface area contributed by atoms with Crippen molar-refractivity contribution in [1.29, 1.82) is 0 Å². The van der Waals surface area contributed by atoms with Gasteiger partial charge in [-0.3, -0.25) is 9.80 Å². The Bertz CT molecular complexity index is 823. The van der Waals surface area contributed by atoms with Gasteiger partial charge < -0.3 is 9.26 Å². The van der Waals surface area contributed by atoms with Crippen LogP contribution in [0.3, 0.4) is 0 Å². The molecule has 2 aromatic heterocycles. The Balaban J connectivity index is 1.34. The molecule has 26 heavy (non-hydrogen) atoms. The van der Waals surface area contributed by atoms with Crippen LogP contribution >= 0.6 is 11.3 Å². The van der Waals surface area contributed by atoms with E-state index in [0.717, 1.165) is 62.0 Å². The molecule has 0 atom stereocenters. The van der Waals surface area contributed by atoms with Crippen molar-refractivity contribution in [1.82, 2.24) is 15.0 Å². The van der Waals surface area contributed by atoms with Crippen molar-refractivity contribution in [3.8, 4) is 17.0 Å². The molecule has 1 aliphatic rings. The smallest absolute Gasteiger partial charge is 0.151 e. The van der Waals surface area contributed by atoms with Gasteiger partial charge in [-0.1, -0.05) is 23.4 Å². The van der Waals surface area contributed by atoms with Crippen LogP contribution in [0.1, 0.15) is 10.6 Å². The van der Waals surface area contributed by atoms with Gasteiger partial charge >= 0.3 is 0 Å². The first-order valence-electron chi connectivity index (χ1n) is 8.88. The molecule has 3 aromatic rings. The maximum Gasteiger partial charge on any atom is 0.151 e. The molecule has 0 amide bonds. The molecule has 0 aliphatic carbocycles. The van der Waals surface area contributed by atoms with Gasteiger partial charge in [0, 0.05) is 49.2 Å². The van der Waals surface area contributed by atoms with Crippen LogP contribution in [-0.4, -0.2) is 48.2 Å². The Hall–Kier alpha value is -2.15. The number of para-hydroxylation sites is 1. The lowest BCUT2D eigenvalue weighted by Crippen LogP contribution is -2.45. The number of rotatable bonds is 6. The van der Waals surface area contributed by atoms with E-state index < -0.39 is 0 Å². The number of ether oxygens (including phenoxy) is 1. The van der Waals surface area contributed by atoms with Crippen LogP contribution in [0.15, 0.2) is 52.4 Å². The minimum atomic E-state index is 0.801. The summed E-state index contributed by atoms with van der Waals surface area (Å²) in [5.74, 6) is 1.71. The van der Waals surface area contributed by atoms with E-state index in [1.54, 1.807) is 7.11 Å². The molecule has 3 heterocycles. The van der Waals surface area contributed by atoms with Crippen LogP contribution in [0.4, 0.5) is 0 Å². The minimum absolute atomic E-state index is 0.801. The monoisotopic (exact) mass is 369 g/mol. The van der Waals surface area contributed by atoms with E-state index in [0.29, 0.717) is 0 Å². The number of aromatic nitrogens is 1. The van der Waals surface area contributed by atoms with Gasteiger partial charge in [-0.25, -0.2) is 0 Å². The molecule has 1 aliphatic heterocycles. The van der Waals surface area contributed by atoms with E-state index in [9.17, 15) is 0 Å². The Kier molecular flexibility index (Phi) is 5.34. The standard InChI is InChI=1S/C20H23N3O2S/c1-24-20-7-3-2-6-18(20)19-13-16(25-21-19)14-22-8-10-23(11-9-22)15-17-5-4-12-26-17/h2-7,12-13H,8-11,14-15H2,1H3. The van der Waals surface area contributed by atoms with E-state index >= 15 is 0 Å². The van der Waals surface area contributed by atoms with Gasteiger partial charge in [-0.15, -0.1) is 11.3 Å².